The number of nitrogens with zero attached hydrogens (tertiary/aromatic N) is 3. The number of likely N-dealkylation sites (tertiary alicyclic amines) is 2. The van der Waals surface area contributed by atoms with E-state index in [0.717, 1.165) is 48.1 Å². The first-order chi connectivity index (χ1) is 23.7. The zero-order valence-electron chi connectivity index (χ0n) is 29.3. The lowest BCUT2D eigenvalue weighted by Gasteiger charge is -2.39. The second-order valence-corrected chi connectivity index (χ2v) is 13.9. The van der Waals surface area contributed by atoms with E-state index in [2.05, 4.69) is 37.2 Å². The zero-order valence-corrected chi connectivity index (χ0v) is 29.3. The van der Waals surface area contributed by atoms with E-state index in [1.165, 1.54) is 6.42 Å². The number of fused-ring (bicyclic) bond motifs is 1. The van der Waals surface area contributed by atoms with Gasteiger partial charge in [-0.15, -0.1) is 6.58 Å². The van der Waals surface area contributed by atoms with Gasteiger partial charge in [-0.2, -0.15) is 0 Å². The zero-order chi connectivity index (χ0) is 34.7. The van der Waals surface area contributed by atoms with Gasteiger partial charge in [0.05, 0.1) is 37.5 Å². The lowest BCUT2D eigenvalue weighted by Crippen LogP contribution is -2.57. The van der Waals surface area contributed by atoms with Gasteiger partial charge < -0.3 is 24.4 Å². The second-order valence-electron chi connectivity index (χ2n) is 13.9. The summed E-state index contributed by atoms with van der Waals surface area (Å²) in [5, 5.41) is 4.09. The van der Waals surface area contributed by atoms with Gasteiger partial charge >= 0.3 is 0 Å². The van der Waals surface area contributed by atoms with Crippen molar-refractivity contribution < 1.29 is 23.8 Å². The fraction of sp³-hybridized carbons (Fsp3) is 0.475. The normalized spacial score (nSPS) is 24.3. The highest BCUT2D eigenvalue weighted by Crippen LogP contribution is 2.50. The van der Waals surface area contributed by atoms with E-state index in [9.17, 15) is 9.59 Å². The molecular weight excluding hydrogens is 616 g/mol. The summed E-state index contributed by atoms with van der Waals surface area (Å²) < 4.78 is 18.1. The second kappa shape index (κ2) is 14.6. The van der Waals surface area contributed by atoms with Crippen molar-refractivity contribution in [1.82, 2.24) is 20.1 Å². The molecular formula is C40H50N4O5. The molecule has 0 radical (unpaired) electrons. The average Bonchev–Trinajstić information content (AvgIpc) is 3.67. The number of hydrogen-bond donors (Lipinski definition) is 1. The summed E-state index contributed by atoms with van der Waals surface area (Å²) in [5.74, 6) is 1.73. The Morgan fingerprint density at radius 2 is 1.86 bits per heavy atom. The Labute approximate surface area is 290 Å². The summed E-state index contributed by atoms with van der Waals surface area (Å²) in [6.45, 7) is 16.7. The molecule has 5 atom stereocenters. The van der Waals surface area contributed by atoms with Gasteiger partial charge in [0, 0.05) is 35.4 Å². The Morgan fingerprint density at radius 1 is 1.10 bits per heavy atom. The molecule has 2 amide bonds. The van der Waals surface area contributed by atoms with Gasteiger partial charge in [0.1, 0.15) is 34.9 Å². The van der Waals surface area contributed by atoms with Gasteiger partial charge in [-0.25, -0.2) is 4.98 Å². The third kappa shape index (κ3) is 7.04. The number of piperidine rings is 1. The molecule has 260 valence electrons. The number of aromatic nitrogens is 1. The number of carbonyl (C=O) groups excluding carboxylic acids is 2. The number of carbonyl (C=O) groups is 2. The molecule has 0 bridgehead atoms. The fourth-order valence-electron chi connectivity index (χ4n) is 7.65. The van der Waals surface area contributed by atoms with Crippen LogP contribution < -0.4 is 14.8 Å². The summed E-state index contributed by atoms with van der Waals surface area (Å²) in [4.78, 5) is 38.0. The van der Waals surface area contributed by atoms with E-state index in [1.807, 2.05) is 67.6 Å². The molecule has 1 N–H and O–H groups in total. The molecule has 3 aromatic rings. The molecule has 6 rings (SSSR count). The highest BCUT2D eigenvalue weighted by atomic mass is 16.5. The molecule has 49 heavy (non-hydrogen) atoms. The van der Waals surface area contributed by atoms with Crippen LogP contribution in [0.15, 0.2) is 79.6 Å². The van der Waals surface area contributed by atoms with Gasteiger partial charge in [-0.1, -0.05) is 63.3 Å². The molecule has 9 nitrogen and oxygen atoms in total. The summed E-state index contributed by atoms with van der Waals surface area (Å²) in [7, 11) is 1.63. The minimum Gasteiger partial charge on any atom is -0.497 e. The number of ether oxygens (including phenoxy) is 3. The van der Waals surface area contributed by atoms with Crippen LogP contribution in [0.2, 0.25) is 0 Å². The number of pyridine rings is 1. The lowest BCUT2D eigenvalue weighted by molar-refractivity contribution is -0.145. The van der Waals surface area contributed by atoms with E-state index in [-0.39, 0.29) is 29.7 Å². The monoisotopic (exact) mass is 666 g/mol. The third-order valence-electron chi connectivity index (χ3n) is 10.3. The number of amides is 2. The minimum absolute atomic E-state index is 0.0152. The van der Waals surface area contributed by atoms with Crippen LogP contribution in [-0.4, -0.2) is 83.7 Å². The molecule has 1 aliphatic carbocycles. The van der Waals surface area contributed by atoms with Crippen molar-refractivity contribution in [3.05, 3.63) is 79.6 Å². The highest BCUT2D eigenvalue weighted by molar-refractivity contribution is 5.92. The minimum atomic E-state index is -0.724. The van der Waals surface area contributed by atoms with E-state index < -0.39 is 17.7 Å². The first-order valence-corrected chi connectivity index (χ1v) is 17.7. The molecule has 2 unspecified atom stereocenters. The summed E-state index contributed by atoms with van der Waals surface area (Å²) in [6.07, 6.45) is 5.74. The Bertz CT molecular complexity index is 1690. The molecule has 2 saturated heterocycles. The first-order valence-electron chi connectivity index (χ1n) is 17.7. The number of rotatable bonds is 13. The first kappa shape index (κ1) is 34.5. The van der Waals surface area contributed by atoms with Crippen LogP contribution in [0.1, 0.15) is 52.9 Å². The third-order valence-corrected chi connectivity index (χ3v) is 10.3. The van der Waals surface area contributed by atoms with Crippen LogP contribution in [-0.2, 0) is 14.3 Å². The Morgan fingerprint density at radius 3 is 2.51 bits per heavy atom. The number of methoxy groups -OCH3 is 1. The van der Waals surface area contributed by atoms with Crippen LogP contribution in [0.25, 0.3) is 22.2 Å². The fourth-order valence-corrected chi connectivity index (χ4v) is 7.65. The van der Waals surface area contributed by atoms with Gasteiger partial charge in [-0.05, 0) is 57.3 Å². The lowest BCUT2D eigenvalue weighted by atomic mass is 9.97. The van der Waals surface area contributed by atoms with E-state index in [1.54, 1.807) is 12.0 Å². The topological polar surface area (TPSA) is 93.2 Å². The van der Waals surface area contributed by atoms with Crippen LogP contribution in [0.3, 0.4) is 0 Å². The molecule has 3 fully saturated rings. The van der Waals surface area contributed by atoms with Crippen molar-refractivity contribution in [2.45, 2.75) is 76.6 Å². The predicted octanol–water partition coefficient (Wildman–Crippen LogP) is 6.38. The molecule has 2 aliphatic heterocycles. The number of nitrogens with one attached hydrogen (secondary N) is 1. The highest BCUT2D eigenvalue weighted by Gasteiger charge is 2.58. The molecule has 9 heteroatoms. The molecule has 1 saturated carbocycles. The summed E-state index contributed by atoms with van der Waals surface area (Å²) >= 11 is 0. The Hall–Kier alpha value is -4.37. The van der Waals surface area contributed by atoms with E-state index in [0.29, 0.717) is 43.3 Å². The van der Waals surface area contributed by atoms with Gasteiger partial charge in [-0.3, -0.25) is 14.5 Å². The maximum atomic E-state index is 14.6. The molecule has 1 aromatic heterocycles. The van der Waals surface area contributed by atoms with E-state index in [4.69, 9.17) is 19.2 Å². The van der Waals surface area contributed by atoms with Crippen LogP contribution in [0.5, 0.6) is 11.5 Å². The van der Waals surface area contributed by atoms with E-state index >= 15 is 0 Å². The molecule has 2 aromatic carbocycles. The predicted molar refractivity (Wildman–Crippen MR) is 192 cm³/mol. The maximum Gasteiger partial charge on any atom is 0.243 e. The van der Waals surface area contributed by atoms with Crippen molar-refractivity contribution in [3.63, 3.8) is 0 Å². The molecule has 0 spiro atoms. The van der Waals surface area contributed by atoms with Crippen molar-refractivity contribution in [3.8, 4) is 22.8 Å². The SMILES string of the molecule is C=CC1CC1(NC(=O)[C@@H]1C[C@@H](Oc2cc(-c3ccccc3)nc3cc(OC)ccc23)CN1C(=O)[C@H](C(C)C)N1CCCCC1)C(=C)OCC. The summed E-state index contributed by atoms with van der Waals surface area (Å²) in [6, 6.07) is 16.6. The molecule has 3 aliphatic rings. The standard InChI is InChI=1S/C40H50N4O5/c1-7-29-24-40(29,27(5)48-8-2)42-38(45)35-22-31(25-44(35)39(46)37(26(3)4)43-19-13-10-14-20-43)49-36-23-33(28-15-11-9-12-16-28)41-34-21-30(47-6)17-18-32(34)36/h7,9,11-12,15-18,21,23,26,29,31,35,37H,1,5,8,10,13-14,19-20,22,24-25H2,2-4,6H3,(H,42,45)/t29?,31-,35+,37+,40?/m1/s1. The maximum absolute atomic E-state index is 14.6. The smallest absolute Gasteiger partial charge is 0.243 e. The van der Waals surface area contributed by atoms with Gasteiger partial charge in [0.25, 0.3) is 0 Å². The Kier molecular flexibility index (Phi) is 10.3. The number of hydrogen-bond acceptors (Lipinski definition) is 7. The van der Waals surface area contributed by atoms with Crippen molar-refractivity contribution >= 4 is 22.7 Å². The van der Waals surface area contributed by atoms with Crippen molar-refractivity contribution in [2.75, 3.05) is 33.4 Å². The quantitative estimate of drug-likeness (QED) is 0.167. The largest absolute Gasteiger partial charge is 0.497 e. The Balaban J connectivity index is 1.34. The van der Waals surface area contributed by atoms with Gasteiger partial charge in [0.15, 0.2) is 0 Å². The molecule has 3 heterocycles. The number of benzene rings is 2. The van der Waals surface area contributed by atoms with Crippen LogP contribution in [0.4, 0.5) is 0 Å². The van der Waals surface area contributed by atoms with Crippen molar-refractivity contribution in [2.24, 2.45) is 11.8 Å². The summed E-state index contributed by atoms with van der Waals surface area (Å²) in [5.41, 5.74) is 1.74. The van der Waals surface area contributed by atoms with Gasteiger partial charge in [0.2, 0.25) is 11.8 Å². The average molecular weight is 667 g/mol. The van der Waals surface area contributed by atoms with Crippen molar-refractivity contribution in [1.29, 1.82) is 0 Å². The van der Waals surface area contributed by atoms with Crippen LogP contribution in [0, 0.1) is 11.8 Å². The van der Waals surface area contributed by atoms with Crippen LogP contribution >= 0.6 is 0 Å².